The van der Waals surface area contributed by atoms with Crippen molar-refractivity contribution in [2.45, 2.75) is 19.4 Å². The number of H-pyrrole nitrogens is 1. The molecule has 1 heterocycles. The summed E-state index contributed by atoms with van der Waals surface area (Å²) in [7, 11) is 0. The molecule has 5 N–H and O–H groups in total. The quantitative estimate of drug-likeness (QED) is 0.602. The van der Waals surface area contributed by atoms with Gasteiger partial charge in [-0.15, -0.1) is 0 Å². The first-order valence-electron chi connectivity index (χ1n) is 6.60. The molecule has 0 saturated carbocycles. The molecule has 0 atom stereocenters. The van der Waals surface area contributed by atoms with E-state index in [1.54, 1.807) is 12.4 Å². The van der Waals surface area contributed by atoms with E-state index in [9.17, 15) is 4.79 Å². The fraction of sp³-hybridized carbons (Fsp3) is 0.286. The molecule has 0 bridgehead atoms. The predicted octanol–water partition coefficient (Wildman–Crippen LogP) is 1.62. The van der Waals surface area contributed by atoms with Gasteiger partial charge in [0.05, 0.1) is 0 Å². The molecule has 2 amide bonds. The van der Waals surface area contributed by atoms with Gasteiger partial charge in [-0.1, -0.05) is 12.1 Å². The Hall–Kier alpha value is -2.34. The highest BCUT2D eigenvalue weighted by Crippen LogP contribution is 2.09. The Kier molecular flexibility index (Phi) is 5.14. The summed E-state index contributed by atoms with van der Waals surface area (Å²) in [6, 6.07) is 7.28. The zero-order valence-corrected chi connectivity index (χ0v) is 11.2. The molecule has 0 saturated heterocycles. The molecule has 2 aromatic rings. The second kappa shape index (κ2) is 7.30. The highest BCUT2D eigenvalue weighted by Gasteiger charge is 2.02. The van der Waals surface area contributed by atoms with Gasteiger partial charge in [0, 0.05) is 37.6 Å². The number of imidazole rings is 1. The van der Waals surface area contributed by atoms with Crippen LogP contribution in [0.1, 0.15) is 17.8 Å². The Morgan fingerprint density at radius 3 is 3.05 bits per heavy atom. The highest BCUT2D eigenvalue weighted by atomic mass is 16.2. The molecule has 1 aromatic carbocycles. The van der Waals surface area contributed by atoms with E-state index in [0.717, 1.165) is 29.9 Å². The zero-order chi connectivity index (χ0) is 14.2. The number of hydrogen-bond donors (Lipinski definition) is 4. The van der Waals surface area contributed by atoms with Crippen LogP contribution in [-0.2, 0) is 13.0 Å². The summed E-state index contributed by atoms with van der Waals surface area (Å²) in [5.74, 6) is 0.933. The van der Waals surface area contributed by atoms with Gasteiger partial charge in [0.1, 0.15) is 5.82 Å². The smallest absolute Gasteiger partial charge is 0.319 e. The normalized spacial score (nSPS) is 10.2. The van der Waals surface area contributed by atoms with E-state index < -0.39 is 0 Å². The number of nitrogens with one attached hydrogen (secondary N) is 3. The molecule has 0 aliphatic carbocycles. The van der Waals surface area contributed by atoms with E-state index in [4.69, 9.17) is 5.73 Å². The minimum atomic E-state index is -0.210. The summed E-state index contributed by atoms with van der Waals surface area (Å²) in [6.45, 7) is 1.06. The van der Waals surface area contributed by atoms with Crippen LogP contribution in [-0.4, -0.2) is 22.5 Å². The second-order valence-electron chi connectivity index (χ2n) is 4.42. The number of hydrogen-bond acceptors (Lipinski definition) is 3. The van der Waals surface area contributed by atoms with E-state index in [0.29, 0.717) is 13.1 Å². The van der Waals surface area contributed by atoms with Crippen LogP contribution in [0.5, 0.6) is 0 Å². The van der Waals surface area contributed by atoms with Gasteiger partial charge < -0.3 is 21.4 Å². The van der Waals surface area contributed by atoms with Gasteiger partial charge in [0.25, 0.3) is 0 Å². The third kappa shape index (κ3) is 4.40. The van der Waals surface area contributed by atoms with Gasteiger partial charge in [-0.25, -0.2) is 9.78 Å². The third-order valence-electron chi connectivity index (χ3n) is 2.85. The fourth-order valence-corrected chi connectivity index (χ4v) is 1.84. The molecule has 2 rings (SSSR count). The van der Waals surface area contributed by atoms with Crippen LogP contribution < -0.4 is 16.4 Å². The molecule has 0 aliphatic heterocycles. The van der Waals surface area contributed by atoms with Crippen molar-refractivity contribution in [2.24, 2.45) is 5.73 Å². The van der Waals surface area contributed by atoms with E-state index >= 15 is 0 Å². The number of carbonyl (C=O) groups excluding carboxylic acids is 1. The number of carbonyl (C=O) groups is 1. The van der Waals surface area contributed by atoms with Gasteiger partial charge in [-0.3, -0.25) is 0 Å². The fourth-order valence-electron chi connectivity index (χ4n) is 1.84. The number of benzene rings is 1. The van der Waals surface area contributed by atoms with Gasteiger partial charge in [-0.05, 0) is 24.1 Å². The molecule has 20 heavy (non-hydrogen) atoms. The van der Waals surface area contributed by atoms with E-state index in [1.807, 2.05) is 24.3 Å². The molecular formula is C14H19N5O. The van der Waals surface area contributed by atoms with Gasteiger partial charge in [0.15, 0.2) is 0 Å². The number of rotatable bonds is 6. The average Bonchev–Trinajstić information content (AvgIpc) is 2.97. The molecule has 1 aromatic heterocycles. The van der Waals surface area contributed by atoms with Crippen molar-refractivity contribution in [1.29, 1.82) is 0 Å². The number of nitrogens with two attached hydrogens (primary N) is 1. The summed E-state index contributed by atoms with van der Waals surface area (Å²) in [5.41, 5.74) is 7.29. The molecular weight excluding hydrogens is 254 g/mol. The maximum absolute atomic E-state index is 11.7. The maximum atomic E-state index is 11.7. The minimum absolute atomic E-state index is 0.210. The lowest BCUT2D eigenvalue weighted by Gasteiger charge is -2.08. The zero-order valence-electron chi connectivity index (χ0n) is 11.2. The maximum Gasteiger partial charge on any atom is 0.319 e. The standard InChI is InChI=1S/C14H19N5O/c15-10-11-3-1-4-12(9-11)19-14(20)18-6-2-5-13-16-7-8-17-13/h1,3-4,7-9H,2,5-6,10,15H2,(H,16,17)(H2,18,19,20). The Morgan fingerprint density at radius 2 is 2.30 bits per heavy atom. The van der Waals surface area contributed by atoms with Crippen LogP contribution in [0.2, 0.25) is 0 Å². The first-order valence-corrected chi connectivity index (χ1v) is 6.60. The van der Waals surface area contributed by atoms with Crippen LogP contribution in [0.4, 0.5) is 10.5 Å². The minimum Gasteiger partial charge on any atom is -0.349 e. The van der Waals surface area contributed by atoms with Crippen molar-refractivity contribution in [2.75, 3.05) is 11.9 Å². The first-order chi connectivity index (χ1) is 9.78. The summed E-state index contributed by atoms with van der Waals surface area (Å²) < 4.78 is 0. The lowest BCUT2D eigenvalue weighted by atomic mass is 10.2. The Morgan fingerprint density at radius 1 is 1.40 bits per heavy atom. The topological polar surface area (TPSA) is 95.8 Å². The van der Waals surface area contributed by atoms with Crippen molar-refractivity contribution in [3.63, 3.8) is 0 Å². The van der Waals surface area contributed by atoms with Crippen molar-refractivity contribution < 1.29 is 4.79 Å². The molecule has 0 fully saturated rings. The molecule has 6 heteroatoms. The summed E-state index contributed by atoms with van der Waals surface area (Å²) in [6.07, 6.45) is 5.17. The van der Waals surface area contributed by atoms with Crippen LogP contribution in [0.25, 0.3) is 0 Å². The second-order valence-corrected chi connectivity index (χ2v) is 4.42. The SMILES string of the molecule is NCc1cccc(NC(=O)NCCCc2ncc[nH]2)c1. The number of aromatic amines is 1. The van der Waals surface area contributed by atoms with Crippen LogP contribution in [0.3, 0.4) is 0 Å². The van der Waals surface area contributed by atoms with Crippen molar-refractivity contribution >= 4 is 11.7 Å². The predicted molar refractivity (Wildman–Crippen MR) is 78.3 cm³/mol. The number of anilines is 1. The lowest BCUT2D eigenvalue weighted by Crippen LogP contribution is -2.29. The first kappa shape index (κ1) is 14.1. The van der Waals surface area contributed by atoms with E-state index in [2.05, 4.69) is 20.6 Å². The molecule has 0 radical (unpaired) electrons. The van der Waals surface area contributed by atoms with Gasteiger partial charge >= 0.3 is 6.03 Å². The van der Waals surface area contributed by atoms with Crippen molar-refractivity contribution in [3.05, 3.63) is 48.0 Å². The van der Waals surface area contributed by atoms with Crippen LogP contribution in [0, 0.1) is 0 Å². The molecule has 106 valence electrons. The van der Waals surface area contributed by atoms with E-state index in [1.165, 1.54) is 0 Å². The summed E-state index contributed by atoms with van der Waals surface area (Å²) in [5, 5.41) is 5.59. The average molecular weight is 273 g/mol. The Bertz CT molecular complexity index is 538. The van der Waals surface area contributed by atoms with Gasteiger partial charge in [-0.2, -0.15) is 0 Å². The highest BCUT2D eigenvalue weighted by molar-refractivity contribution is 5.89. The third-order valence-corrected chi connectivity index (χ3v) is 2.85. The largest absolute Gasteiger partial charge is 0.349 e. The Balaban J connectivity index is 1.69. The monoisotopic (exact) mass is 273 g/mol. The number of aromatic nitrogens is 2. The van der Waals surface area contributed by atoms with E-state index in [-0.39, 0.29) is 6.03 Å². The van der Waals surface area contributed by atoms with Crippen molar-refractivity contribution in [1.82, 2.24) is 15.3 Å². The lowest BCUT2D eigenvalue weighted by molar-refractivity contribution is 0.252. The summed E-state index contributed by atoms with van der Waals surface area (Å²) >= 11 is 0. The molecule has 0 spiro atoms. The Labute approximate surface area is 117 Å². The number of amides is 2. The molecule has 6 nitrogen and oxygen atoms in total. The molecule has 0 aliphatic rings. The molecule has 0 unspecified atom stereocenters. The summed E-state index contributed by atoms with van der Waals surface area (Å²) in [4.78, 5) is 18.8. The number of nitrogens with zero attached hydrogens (tertiary/aromatic N) is 1. The number of urea groups is 1. The van der Waals surface area contributed by atoms with Crippen LogP contribution >= 0.6 is 0 Å². The van der Waals surface area contributed by atoms with Crippen LogP contribution in [0.15, 0.2) is 36.7 Å². The number of aryl methyl sites for hydroxylation is 1. The van der Waals surface area contributed by atoms with Crippen molar-refractivity contribution in [3.8, 4) is 0 Å². The van der Waals surface area contributed by atoms with Gasteiger partial charge in [0.2, 0.25) is 0 Å².